The third-order valence-corrected chi connectivity index (χ3v) is 4.05. The van der Waals surface area contributed by atoms with E-state index in [0.29, 0.717) is 34.3 Å². The third-order valence-electron chi connectivity index (χ3n) is 4.05. The van der Waals surface area contributed by atoms with Crippen molar-refractivity contribution < 1.29 is 9.59 Å². The van der Waals surface area contributed by atoms with Crippen molar-refractivity contribution in [3.63, 3.8) is 0 Å². The topological polar surface area (TPSA) is 91.1 Å². The number of hydrogen-bond acceptors (Lipinski definition) is 3. The van der Waals surface area contributed by atoms with Gasteiger partial charge < -0.3 is 15.6 Å². The molecule has 0 saturated carbocycles. The average Bonchev–Trinajstić information content (AvgIpc) is 2.95. The molecule has 0 unspecified atom stereocenters. The standard InChI is InChI=1S/C18H13N3O3/c22-16-8-14(12-3-1-2-4-15(12)21-16)18(24)20-11-6-5-10-9-19-17(23)13(10)7-11/h1-8H,9H2,(H,19,23)(H,20,24)(H,21,22). The fourth-order valence-corrected chi connectivity index (χ4v) is 2.88. The first-order chi connectivity index (χ1) is 11.6. The van der Waals surface area contributed by atoms with E-state index in [4.69, 9.17) is 0 Å². The number of aromatic amines is 1. The molecule has 6 heteroatoms. The molecule has 3 N–H and O–H groups in total. The predicted octanol–water partition coefficient (Wildman–Crippen LogP) is 2.02. The van der Waals surface area contributed by atoms with Crippen molar-refractivity contribution in [2.75, 3.05) is 5.32 Å². The van der Waals surface area contributed by atoms with Gasteiger partial charge in [-0.1, -0.05) is 24.3 Å². The van der Waals surface area contributed by atoms with Crippen LogP contribution in [0.25, 0.3) is 10.9 Å². The van der Waals surface area contributed by atoms with Gasteiger partial charge in [0.1, 0.15) is 0 Å². The van der Waals surface area contributed by atoms with Crippen molar-refractivity contribution in [1.29, 1.82) is 0 Å². The van der Waals surface area contributed by atoms with Gasteiger partial charge >= 0.3 is 0 Å². The number of fused-ring (bicyclic) bond motifs is 2. The van der Waals surface area contributed by atoms with Crippen molar-refractivity contribution >= 4 is 28.4 Å². The number of nitrogens with one attached hydrogen (secondary N) is 3. The summed E-state index contributed by atoms with van der Waals surface area (Å²) < 4.78 is 0. The van der Waals surface area contributed by atoms with Crippen LogP contribution in [-0.2, 0) is 6.54 Å². The largest absolute Gasteiger partial charge is 0.348 e. The first kappa shape index (κ1) is 14.2. The Bertz CT molecular complexity index is 1050. The molecule has 3 aromatic rings. The van der Waals surface area contributed by atoms with Gasteiger partial charge in [-0.25, -0.2) is 0 Å². The van der Waals surface area contributed by atoms with Gasteiger partial charge in [0.25, 0.3) is 11.8 Å². The van der Waals surface area contributed by atoms with E-state index in [0.717, 1.165) is 5.56 Å². The van der Waals surface area contributed by atoms with E-state index in [-0.39, 0.29) is 11.5 Å². The quantitative estimate of drug-likeness (QED) is 0.675. The minimum Gasteiger partial charge on any atom is -0.348 e. The molecule has 0 fully saturated rings. The highest BCUT2D eigenvalue weighted by Gasteiger charge is 2.19. The van der Waals surface area contributed by atoms with Gasteiger partial charge in [-0.3, -0.25) is 14.4 Å². The molecular formula is C18H13N3O3. The summed E-state index contributed by atoms with van der Waals surface area (Å²) in [6.07, 6.45) is 0. The van der Waals surface area contributed by atoms with Crippen LogP contribution in [-0.4, -0.2) is 16.8 Å². The second kappa shape index (κ2) is 5.34. The summed E-state index contributed by atoms with van der Waals surface area (Å²) in [6.45, 7) is 0.501. The summed E-state index contributed by atoms with van der Waals surface area (Å²) in [6, 6.07) is 13.6. The molecule has 0 aliphatic carbocycles. The van der Waals surface area contributed by atoms with Crippen LogP contribution in [0.3, 0.4) is 0 Å². The van der Waals surface area contributed by atoms with Gasteiger partial charge in [0.05, 0.1) is 5.56 Å². The summed E-state index contributed by atoms with van der Waals surface area (Å²) >= 11 is 0. The molecule has 2 amide bonds. The molecule has 0 spiro atoms. The molecule has 2 aromatic carbocycles. The summed E-state index contributed by atoms with van der Waals surface area (Å²) in [5.41, 5.74) is 2.53. The smallest absolute Gasteiger partial charge is 0.256 e. The predicted molar refractivity (Wildman–Crippen MR) is 90.1 cm³/mol. The van der Waals surface area contributed by atoms with E-state index >= 15 is 0 Å². The number of aromatic nitrogens is 1. The molecule has 0 radical (unpaired) electrons. The van der Waals surface area contributed by atoms with Crippen LogP contribution in [0, 0.1) is 0 Å². The fourth-order valence-electron chi connectivity index (χ4n) is 2.88. The number of anilines is 1. The minimum atomic E-state index is -0.393. The van der Waals surface area contributed by atoms with Crippen molar-refractivity contribution in [2.45, 2.75) is 6.54 Å². The maximum Gasteiger partial charge on any atom is 0.256 e. The number of benzene rings is 2. The highest BCUT2D eigenvalue weighted by Crippen LogP contribution is 2.21. The van der Waals surface area contributed by atoms with E-state index in [1.807, 2.05) is 0 Å². The van der Waals surface area contributed by atoms with Gasteiger partial charge in [0.2, 0.25) is 5.56 Å². The molecular weight excluding hydrogens is 306 g/mol. The Balaban J connectivity index is 1.72. The molecule has 1 aromatic heterocycles. The second-order valence-electron chi connectivity index (χ2n) is 5.60. The summed E-state index contributed by atoms with van der Waals surface area (Å²) in [7, 11) is 0. The Kier molecular flexibility index (Phi) is 3.16. The second-order valence-corrected chi connectivity index (χ2v) is 5.60. The van der Waals surface area contributed by atoms with Crippen molar-refractivity contribution in [3.8, 4) is 0 Å². The summed E-state index contributed by atoms with van der Waals surface area (Å²) in [5.74, 6) is -0.543. The lowest BCUT2D eigenvalue weighted by Gasteiger charge is -2.08. The molecule has 1 aliphatic heterocycles. The molecule has 0 saturated heterocycles. The number of pyridine rings is 1. The minimum absolute atomic E-state index is 0.150. The zero-order valence-corrected chi connectivity index (χ0v) is 12.6. The Hall–Kier alpha value is -3.41. The third kappa shape index (κ3) is 2.34. The Morgan fingerprint density at radius 3 is 2.75 bits per heavy atom. The van der Waals surface area contributed by atoms with Crippen LogP contribution in [0.15, 0.2) is 53.3 Å². The number of carbonyl (C=O) groups is 2. The lowest BCUT2D eigenvalue weighted by Crippen LogP contribution is -2.17. The monoisotopic (exact) mass is 319 g/mol. The Morgan fingerprint density at radius 2 is 1.88 bits per heavy atom. The lowest BCUT2D eigenvalue weighted by atomic mass is 10.1. The van der Waals surface area contributed by atoms with Crippen molar-refractivity contribution in [2.24, 2.45) is 0 Å². The lowest BCUT2D eigenvalue weighted by molar-refractivity contribution is 0.0964. The fraction of sp³-hybridized carbons (Fsp3) is 0.0556. The normalized spacial score (nSPS) is 12.8. The van der Waals surface area contributed by atoms with E-state index in [1.165, 1.54) is 6.07 Å². The summed E-state index contributed by atoms with van der Waals surface area (Å²) in [4.78, 5) is 38.8. The average molecular weight is 319 g/mol. The molecule has 4 rings (SSSR count). The van der Waals surface area contributed by atoms with Crippen LogP contribution < -0.4 is 16.2 Å². The van der Waals surface area contributed by atoms with Gasteiger partial charge in [-0.05, 0) is 23.8 Å². The van der Waals surface area contributed by atoms with Crippen LogP contribution in [0.5, 0.6) is 0 Å². The van der Waals surface area contributed by atoms with E-state index < -0.39 is 5.91 Å². The molecule has 1 aliphatic rings. The van der Waals surface area contributed by atoms with Crippen molar-refractivity contribution in [3.05, 3.63) is 75.6 Å². The van der Waals surface area contributed by atoms with Gasteiger partial charge in [-0.15, -0.1) is 0 Å². The summed E-state index contributed by atoms with van der Waals surface area (Å²) in [5, 5.41) is 6.15. The number of amides is 2. The number of rotatable bonds is 2. The van der Waals surface area contributed by atoms with E-state index in [2.05, 4.69) is 15.6 Å². The van der Waals surface area contributed by atoms with Crippen LogP contribution in [0.2, 0.25) is 0 Å². The molecule has 0 bridgehead atoms. The zero-order valence-electron chi connectivity index (χ0n) is 12.6. The zero-order chi connectivity index (χ0) is 16.7. The van der Waals surface area contributed by atoms with Crippen LogP contribution in [0.1, 0.15) is 26.3 Å². The van der Waals surface area contributed by atoms with Gasteiger partial charge in [0, 0.05) is 34.8 Å². The van der Waals surface area contributed by atoms with Crippen LogP contribution in [0.4, 0.5) is 5.69 Å². The molecule has 6 nitrogen and oxygen atoms in total. The van der Waals surface area contributed by atoms with Crippen LogP contribution >= 0.6 is 0 Å². The van der Waals surface area contributed by atoms with Gasteiger partial charge in [-0.2, -0.15) is 0 Å². The van der Waals surface area contributed by atoms with E-state index in [9.17, 15) is 14.4 Å². The first-order valence-corrected chi connectivity index (χ1v) is 7.46. The number of hydrogen-bond donors (Lipinski definition) is 3. The highest BCUT2D eigenvalue weighted by molar-refractivity contribution is 6.12. The maximum atomic E-state index is 12.6. The molecule has 0 atom stereocenters. The SMILES string of the molecule is O=C1NCc2ccc(NC(=O)c3cc(=O)[nH]c4ccccc34)cc21. The number of para-hydroxylation sites is 1. The molecule has 24 heavy (non-hydrogen) atoms. The maximum absolute atomic E-state index is 12.6. The Labute approximate surface area is 136 Å². The van der Waals surface area contributed by atoms with Crippen molar-refractivity contribution in [1.82, 2.24) is 10.3 Å². The molecule has 2 heterocycles. The van der Waals surface area contributed by atoms with Gasteiger partial charge in [0.15, 0.2) is 0 Å². The first-order valence-electron chi connectivity index (χ1n) is 7.46. The Morgan fingerprint density at radius 1 is 1.04 bits per heavy atom. The number of carbonyl (C=O) groups excluding carboxylic acids is 2. The highest BCUT2D eigenvalue weighted by atomic mass is 16.2. The van der Waals surface area contributed by atoms with E-state index in [1.54, 1.807) is 42.5 Å². The number of H-pyrrole nitrogens is 1. The molecule has 118 valence electrons.